The molecule has 1 atom stereocenters. The molecule has 0 saturated heterocycles. The third-order valence-corrected chi connectivity index (χ3v) is 2.72. The largest absolute Gasteiger partial charge is 0.292 e. The van der Waals surface area contributed by atoms with Gasteiger partial charge in [-0.05, 0) is 32.8 Å². The first-order valence-corrected chi connectivity index (χ1v) is 5.07. The van der Waals surface area contributed by atoms with Gasteiger partial charge < -0.3 is 0 Å². The first-order valence-electron chi connectivity index (χ1n) is 5.07. The Labute approximate surface area is 89.6 Å². The molecule has 0 aliphatic rings. The zero-order valence-corrected chi connectivity index (χ0v) is 9.66. The number of nitrogens with two attached hydrogens (primary N) is 1. The third-order valence-electron chi connectivity index (χ3n) is 2.72. The van der Waals surface area contributed by atoms with Crippen LogP contribution in [0.2, 0.25) is 0 Å². The minimum atomic E-state index is -0.367. The van der Waals surface area contributed by atoms with Crippen molar-refractivity contribution in [2.75, 3.05) is 0 Å². The first kappa shape index (κ1) is 11.7. The van der Waals surface area contributed by atoms with Gasteiger partial charge in [-0.15, -0.1) is 0 Å². The Morgan fingerprint density at radius 2 is 2.20 bits per heavy atom. The fourth-order valence-corrected chi connectivity index (χ4v) is 1.82. The molecule has 84 valence electrons. The number of hydrazine groups is 1. The molecule has 0 aliphatic heterocycles. The summed E-state index contributed by atoms with van der Waals surface area (Å²) in [5.41, 5.74) is 5.35. The number of amides is 1. The summed E-state index contributed by atoms with van der Waals surface area (Å²) < 4.78 is 1.72. The minimum absolute atomic E-state index is 0.233. The van der Waals surface area contributed by atoms with Gasteiger partial charge in [0, 0.05) is 5.69 Å². The predicted octanol–water partition coefficient (Wildman–Crippen LogP) is 0.613. The zero-order chi connectivity index (χ0) is 11.6. The molecule has 1 heterocycles. The van der Waals surface area contributed by atoms with E-state index in [2.05, 4.69) is 17.4 Å². The predicted molar refractivity (Wildman–Crippen MR) is 58.1 cm³/mol. The van der Waals surface area contributed by atoms with E-state index in [0.29, 0.717) is 0 Å². The van der Waals surface area contributed by atoms with Gasteiger partial charge in [-0.3, -0.25) is 14.9 Å². The maximum absolute atomic E-state index is 11.4. The standard InChI is InChI=1S/C10H18N4O/c1-5-9-6(2)13-14(7(9)3)8(4)10(15)12-11/h8H,5,11H2,1-4H3,(H,12,15). The van der Waals surface area contributed by atoms with Crippen molar-refractivity contribution in [1.82, 2.24) is 15.2 Å². The Balaban J connectivity index is 3.10. The van der Waals surface area contributed by atoms with E-state index in [4.69, 9.17) is 5.84 Å². The van der Waals surface area contributed by atoms with Gasteiger partial charge in [-0.25, -0.2) is 5.84 Å². The van der Waals surface area contributed by atoms with E-state index in [-0.39, 0.29) is 11.9 Å². The number of aromatic nitrogens is 2. The Bertz CT molecular complexity index is 370. The summed E-state index contributed by atoms with van der Waals surface area (Å²) in [6, 6.07) is -0.367. The number of nitrogens with zero attached hydrogens (tertiary/aromatic N) is 2. The lowest BCUT2D eigenvalue weighted by Crippen LogP contribution is -2.36. The maximum Gasteiger partial charge on any atom is 0.258 e. The van der Waals surface area contributed by atoms with Crippen LogP contribution in [0.4, 0.5) is 0 Å². The van der Waals surface area contributed by atoms with Crippen LogP contribution in [0.1, 0.15) is 36.8 Å². The molecule has 3 N–H and O–H groups in total. The molecular weight excluding hydrogens is 192 g/mol. The molecule has 1 aromatic rings. The van der Waals surface area contributed by atoms with Crippen molar-refractivity contribution >= 4 is 5.91 Å². The smallest absolute Gasteiger partial charge is 0.258 e. The van der Waals surface area contributed by atoms with E-state index in [0.717, 1.165) is 17.8 Å². The van der Waals surface area contributed by atoms with E-state index in [1.165, 1.54) is 5.56 Å². The van der Waals surface area contributed by atoms with E-state index in [9.17, 15) is 4.79 Å². The van der Waals surface area contributed by atoms with Gasteiger partial charge in [0.1, 0.15) is 6.04 Å². The van der Waals surface area contributed by atoms with Crippen LogP contribution in [-0.2, 0) is 11.2 Å². The summed E-state index contributed by atoms with van der Waals surface area (Å²) in [6.07, 6.45) is 0.925. The van der Waals surface area contributed by atoms with Crippen molar-refractivity contribution in [2.24, 2.45) is 5.84 Å². The van der Waals surface area contributed by atoms with Crippen molar-refractivity contribution in [2.45, 2.75) is 40.2 Å². The monoisotopic (exact) mass is 210 g/mol. The average molecular weight is 210 g/mol. The summed E-state index contributed by atoms with van der Waals surface area (Å²) >= 11 is 0. The van der Waals surface area contributed by atoms with E-state index in [1.807, 2.05) is 13.8 Å². The van der Waals surface area contributed by atoms with E-state index >= 15 is 0 Å². The van der Waals surface area contributed by atoms with Crippen molar-refractivity contribution in [3.05, 3.63) is 17.0 Å². The lowest BCUT2D eigenvalue weighted by molar-refractivity contribution is -0.124. The topological polar surface area (TPSA) is 72.9 Å². The van der Waals surface area contributed by atoms with Gasteiger partial charge >= 0.3 is 0 Å². The number of rotatable bonds is 3. The van der Waals surface area contributed by atoms with Crippen LogP contribution >= 0.6 is 0 Å². The maximum atomic E-state index is 11.4. The molecule has 0 aliphatic carbocycles. The molecule has 1 aromatic heterocycles. The highest BCUT2D eigenvalue weighted by Crippen LogP contribution is 2.17. The minimum Gasteiger partial charge on any atom is -0.292 e. The normalized spacial score (nSPS) is 12.6. The number of carbonyl (C=O) groups excluding carboxylic acids is 1. The van der Waals surface area contributed by atoms with Crippen LogP contribution in [-0.4, -0.2) is 15.7 Å². The molecule has 1 rings (SSSR count). The van der Waals surface area contributed by atoms with Gasteiger partial charge in [0.25, 0.3) is 5.91 Å². The fraction of sp³-hybridized carbons (Fsp3) is 0.600. The second kappa shape index (κ2) is 4.44. The van der Waals surface area contributed by atoms with Crippen molar-refractivity contribution < 1.29 is 4.79 Å². The summed E-state index contributed by atoms with van der Waals surface area (Å²) in [6.45, 7) is 7.78. The first-order chi connectivity index (χ1) is 7.02. The van der Waals surface area contributed by atoms with Crippen LogP contribution in [0.5, 0.6) is 0 Å². The molecule has 1 unspecified atom stereocenters. The lowest BCUT2D eigenvalue weighted by atomic mass is 10.1. The second-order valence-electron chi connectivity index (χ2n) is 3.63. The van der Waals surface area contributed by atoms with Crippen LogP contribution < -0.4 is 11.3 Å². The molecule has 0 saturated carbocycles. The Hall–Kier alpha value is -1.36. The molecule has 0 radical (unpaired) electrons. The molecular formula is C10H18N4O. The van der Waals surface area contributed by atoms with E-state index < -0.39 is 0 Å². The summed E-state index contributed by atoms with van der Waals surface area (Å²) in [5.74, 6) is 4.86. The second-order valence-corrected chi connectivity index (χ2v) is 3.63. The van der Waals surface area contributed by atoms with Gasteiger partial charge in [0.05, 0.1) is 5.69 Å². The quantitative estimate of drug-likeness (QED) is 0.436. The third kappa shape index (κ3) is 2.02. The molecule has 5 nitrogen and oxygen atoms in total. The van der Waals surface area contributed by atoms with Crippen LogP contribution in [0.3, 0.4) is 0 Å². The molecule has 0 fully saturated rings. The summed E-state index contributed by atoms with van der Waals surface area (Å²) in [4.78, 5) is 11.4. The van der Waals surface area contributed by atoms with Crippen LogP contribution in [0.25, 0.3) is 0 Å². The Morgan fingerprint density at radius 3 is 2.60 bits per heavy atom. The van der Waals surface area contributed by atoms with Crippen molar-refractivity contribution in [1.29, 1.82) is 0 Å². The number of aryl methyl sites for hydroxylation is 1. The lowest BCUT2D eigenvalue weighted by Gasteiger charge is -2.12. The van der Waals surface area contributed by atoms with Gasteiger partial charge in [-0.1, -0.05) is 6.92 Å². The highest BCUT2D eigenvalue weighted by atomic mass is 16.2. The van der Waals surface area contributed by atoms with E-state index in [1.54, 1.807) is 11.6 Å². The van der Waals surface area contributed by atoms with Crippen molar-refractivity contribution in [3.8, 4) is 0 Å². The van der Waals surface area contributed by atoms with Crippen molar-refractivity contribution in [3.63, 3.8) is 0 Å². The number of carbonyl (C=O) groups is 1. The summed E-state index contributed by atoms with van der Waals surface area (Å²) in [7, 11) is 0. The Morgan fingerprint density at radius 1 is 1.60 bits per heavy atom. The molecule has 0 spiro atoms. The van der Waals surface area contributed by atoms with Gasteiger partial charge in [-0.2, -0.15) is 5.10 Å². The van der Waals surface area contributed by atoms with Gasteiger partial charge in [0.15, 0.2) is 0 Å². The Kier molecular flexibility index (Phi) is 3.47. The number of nitrogens with one attached hydrogen (secondary N) is 1. The SMILES string of the molecule is CCc1c(C)nn(C(C)C(=O)NN)c1C. The molecule has 5 heteroatoms. The van der Waals surface area contributed by atoms with Crippen LogP contribution in [0.15, 0.2) is 0 Å². The average Bonchev–Trinajstić information content (AvgIpc) is 2.51. The summed E-state index contributed by atoms with van der Waals surface area (Å²) in [5, 5.41) is 4.35. The highest BCUT2D eigenvalue weighted by molar-refractivity contribution is 5.79. The highest BCUT2D eigenvalue weighted by Gasteiger charge is 2.19. The molecule has 0 bridgehead atoms. The zero-order valence-electron chi connectivity index (χ0n) is 9.66. The molecule has 15 heavy (non-hydrogen) atoms. The van der Waals surface area contributed by atoms with Gasteiger partial charge in [0.2, 0.25) is 0 Å². The molecule has 1 amide bonds. The number of hydrogen-bond acceptors (Lipinski definition) is 3. The fourth-order valence-electron chi connectivity index (χ4n) is 1.82. The number of hydrogen-bond donors (Lipinski definition) is 2. The molecule has 0 aromatic carbocycles. The van der Waals surface area contributed by atoms with Crippen LogP contribution in [0, 0.1) is 13.8 Å².